The normalized spacial score (nSPS) is 12.6. The van der Waals surface area contributed by atoms with Gasteiger partial charge in [-0.15, -0.1) is 11.3 Å². The zero-order valence-corrected chi connectivity index (χ0v) is 17.4. The lowest BCUT2D eigenvalue weighted by molar-refractivity contribution is 0.0601. The Balaban J connectivity index is 1.78. The molecule has 148 valence electrons. The first-order chi connectivity index (χ1) is 13.5. The molecule has 1 amide bonds. The van der Waals surface area contributed by atoms with Gasteiger partial charge in [0.05, 0.1) is 24.8 Å². The molecule has 2 aromatic rings. The minimum absolute atomic E-state index is 0.125. The molecular formula is C20H22N2O4S2. The van der Waals surface area contributed by atoms with E-state index in [1.807, 2.05) is 6.92 Å². The third-order valence-corrected chi connectivity index (χ3v) is 5.86. The van der Waals surface area contributed by atoms with Crippen LogP contribution >= 0.6 is 23.6 Å². The lowest BCUT2D eigenvalue weighted by Crippen LogP contribution is -2.34. The molecule has 0 aliphatic heterocycles. The predicted octanol–water partition coefficient (Wildman–Crippen LogP) is 3.94. The van der Waals surface area contributed by atoms with Gasteiger partial charge in [-0.25, -0.2) is 4.79 Å². The van der Waals surface area contributed by atoms with Gasteiger partial charge in [-0.3, -0.25) is 10.1 Å². The van der Waals surface area contributed by atoms with E-state index in [1.54, 1.807) is 24.3 Å². The molecule has 2 N–H and O–H groups in total. The summed E-state index contributed by atoms with van der Waals surface area (Å²) in [6.07, 6.45) is 3.93. The second-order valence-corrected chi connectivity index (χ2v) is 7.76. The molecule has 1 heterocycles. The highest BCUT2D eigenvalue weighted by molar-refractivity contribution is 7.80. The van der Waals surface area contributed by atoms with Crippen LogP contribution in [0.15, 0.2) is 24.3 Å². The number of fused-ring (bicyclic) bond motifs is 1. The van der Waals surface area contributed by atoms with Crippen molar-refractivity contribution in [2.24, 2.45) is 0 Å². The SMILES string of the molecule is CCOc1ccccc1C(=O)NC(=S)Nc1sc2c(c1C(=O)OC)CCCC2. The summed E-state index contributed by atoms with van der Waals surface area (Å²) in [5.41, 5.74) is 1.95. The fraction of sp³-hybridized carbons (Fsp3) is 0.350. The van der Waals surface area contributed by atoms with Gasteiger partial charge in [0, 0.05) is 4.88 Å². The van der Waals surface area contributed by atoms with E-state index in [1.165, 1.54) is 23.3 Å². The Morgan fingerprint density at radius 1 is 1.21 bits per heavy atom. The zero-order chi connectivity index (χ0) is 20.1. The Kier molecular flexibility index (Phi) is 6.64. The number of para-hydroxylation sites is 1. The number of hydrogen-bond acceptors (Lipinski definition) is 6. The smallest absolute Gasteiger partial charge is 0.341 e. The number of methoxy groups -OCH3 is 1. The molecule has 28 heavy (non-hydrogen) atoms. The number of hydrogen-bond donors (Lipinski definition) is 2. The van der Waals surface area contributed by atoms with Crippen LogP contribution in [0.3, 0.4) is 0 Å². The maximum absolute atomic E-state index is 12.6. The molecule has 0 spiro atoms. The molecule has 1 aliphatic rings. The van der Waals surface area contributed by atoms with Crippen molar-refractivity contribution >= 4 is 45.5 Å². The Bertz CT molecular complexity index is 908. The van der Waals surface area contributed by atoms with Crippen molar-refractivity contribution in [2.45, 2.75) is 32.6 Å². The quantitative estimate of drug-likeness (QED) is 0.566. The number of carbonyl (C=O) groups excluding carboxylic acids is 2. The van der Waals surface area contributed by atoms with Gasteiger partial charge in [-0.05, 0) is 62.5 Å². The summed E-state index contributed by atoms with van der Waals surface area (Å²) in [5, 5.41) is 6.41. The van der Waals surface area contributed by atoms with Crippen molar-refractivity contribution in [3.63, 3.8) is 0 Å². The van der Waals surface area contributed by atoms with Crippen LogP contribution in [0.25, 0.3) is 0 Å². The third-order valence-electron chi connectivity index (χ3n) is 4.45. The number of nitrogens with one attached hydrogen (secondary N) is 2. The van der Waals surface area contributed by atoms with E-state index in [4.69, 9.17) is 21.7 Å². The molecule has 6 nitrogen and oxygen atoms in total. The van der Waals surface area contributed by atoms with Gasteiger partial charge < -0.3 is 14.8 Å². The highest BCUT2D eigenvalue weighted by atomic mass is 32.1. The maximum Gasteiger partial charge on any atom is 0.341 e. The molecule has 0 saturated heterocycles. The van der Waals surface area contributed by atoms with Crippen LogP contribution < -0.4 is 15.4 Å². The number of amides is 1. The number of benzene rings is 1. The van der Waals surface area contributed by atoms with Crippen molar-refractivity contribution in [3.8, 4) is 5.75 Å². The number of esters is 1. The number of carbonyl (C=O) groups is 2. The summed E-state index contributed by atoms with van der Waals surface area (Å²) in [6.45, 7) is 2.31. The van der Waals surface area contributed by atoms with E-state index in [-0.39, 0.29) is 11.0 Å². The highest BCUT2D eigenvalue weighted by Crippen LogP contribution is 2.38. The van der Waals surface area contributed by atoms with Gasteiger partial charge in [0.1, 0.15) is 10.8 Å². The lowest BCUT2D eigenvalue weighted by atomic mass is 9.95. The number of thiophene rings is 1. The maximum atomic E-state index is 12.6. The van der Waals surface area contributed by atoms with Crippen LogP contribution in [0.1, 0.15) is 50.9 Å². The van der Waals surface area contributed by atoms with Crippen LogP contribution in [0, 0.1) is 0 Å². The van der Waals surface area contributed by atoms with Crippen molar-refractivity contribution in [1.29, 1.82) is 0 Å². The number of ether oxygens (including phenoxy) is 2. The Labute approximate surface area is 173 Å². The number of thiocarbonyl (C=S) groups is 1. The fourth-order valence-electron chi connectivity index (χ4n) is 3.21. The van der Waals surface area contributed by atoms with Crippen LogP contribution in [0.2, 0.25) is 0 Å². The van der Waals surface area contributed by atoms with Crippen molar-refractivity contribution in [3.05, 3.63) is 45.8 Å². The molecule has 1 aliphatic carbocycles. The Morgan fingerprint density at radius 2 is 1.96 bits per heavy atom. The van der Waals surface area contributed by atoms with E-state index in [2.05, 4.69) is 10.6 Å². The standard InChI is InChI=1S/C20H22N2O4S2/c1-3-26-14-10-6-4-8-12(14)17(23)21-20(27)22-18-16(19(24)25-2)13-9-5-7-11-15(13)28-18/h4,6,8,10H,3,5,7,9,11H2,1-2H3,(H2,21,22,23,27). The summed E-state index contributed by atoms with van der Waals surface area (Å²) in [6, 6.07) is 6.97. The third kappa shape index (κ3) is 4.34. The van der Waals surface area contributed by atoms with Gasteiger partial charge >= 0.3 is 5.97 Å². The van der Waals surface area contributed by atoms with Gasteiger partial charge in [0.2, 0.25) is 0 Å². The Morgan fingerprint density at radius 3 is 2.71 bits per heavy atom. The number of rotatable bonds is 5. The van der Waals surface area contributed by atoms with E-state index in [0.29, 0.717) is 28.5 Å². The second kappa shape index (κ2) is 9.16. The van der Waals surface area contributed by atoms with E-state index < -0.39 is 5.97 Å². The molecule has 0 bridgehead atoms. The van der Waals surface area contributed by atoms with Gasteiger partial charge in [-0.2, -0.15) is 0 Å². The molecule has 0 fully saturated rings. The van der Waals surface area contributed by atoms with Crippen LogP contribution in [-0.4, -0.2) is 30.7 Å². The molecule has 0 unspecified atom stereocenters. The van der Waals surface area contributed by atoms with E-state index in [9.17, 15) is 9.59 Å². The first-order valence-corrected chi connectivity index (χ1v) is 10.3. The molecule has 1 aromatic carbocycles. The molecule has 3 rings (SSSR count). The minimum Gasteiger partial charge on any atom is -0.493 e. The van der Waals surface area contributed by atoms with Crippen LogP contribution in [0.5, 0.6) is 5.75 Å². The number of anilines is 1. The van der Waals surface area contributed by atoms with Gasteiger partial charge in [-0.1, -0.05) is 12.1 Å². The van der Waals surface area contributed by atoms with Crippen LogP contribution in [-0.2, 0) is 17.6 Å². The van der Waals surface area contributed by atoms with Gasteiger partial charge in [0.25, 0.3) is 5.91 Å². The second-order valence-electron chi connectivity index (χ2n) is 6.24. The molecule has 1 aromatic heterocycles. The molecule has 0 radical (unpaired) electrons. The monoisotopic (exact) mass is 418 g/mol. The summed E-state index contributed by atoms with van der Waals surface area (Å²) in [5.74, 6) is -0.271. The highest BCUT2D eigenvalue weighted by Gasteiger charge is 2.26. The topological polar surface area (TPSA) is 76.7 Å². The fourth-order valence-corrected chi connectivity index (χ4v) is 4.75. The first-order valence-electron chi connectivity index (χ1n) is 9.12. The summed E-state index contributed by atoms with van der Waals surface area (Å²) >= 11 is 6.81. The van der Waals surface area contributed by atoms with Crippen molar-refractivity contribution in [1.82, 2.24) is 5.32 Å². The molecular weight excluding hydrogens is 396 g/mol. The largest absolute Gasteiger partial charge is 0.493 e. The molecule has 8 heteroatoms. The van der Waals surface area contributed by atoms with E-state index in [0.717, 1.165) is 31.2 Å². The lowest BCUT2D eigenvalue weighted by Gasteiger charge is -2.13. The summed E-state index contributed by atoms with van der Waals surface area (Å²) in [4.78, 5) is 26.1. The predicted molar refractivity (Wildman–Crippen MR) is 114 cm³/mol. The average Bonchev–Trinajstić information content (AvgIpc) is 3.05. The summed E-state index contributed by atoms with van der Waals surface area (Å²) in [7, 11) is 1.36. The molecule has 0 atom stereocenters. The zero-order valence-electron chi connectivity index (χ0n) is 15.8. The average molecular weight is 419 g/mol. The van der Waals surface area contributed by atoms with Gasteiger partial charge in [0.15, 0.2) is 5.11 Å². The van der Waals surface area contributed by atoms with Crippen LogP contribution in [0.4, 0.5) is 5.00 Å². The Hall–Kier alpha value is -2.45. The minimum atomic E-state index is -0.391. The van der Waals surface area contributed by atoms with E-state index >= 15 is 0 Å². The summed E-state index contributed by atoms with van der Waals surface area (Å²) < 4.78 is 10.5. The number of aryl methyl sites for hydroxylation is 1. The van der Waals surface area contributed by atoms with Crippen molar-refractivity contribution < 1.29 is 19.1 Å². The molecule has 0 saturated carbocycles. The van der Waals surface area contributed by atoms with Crippen molar-refractivity contribution in [2.75, 3.05) is 19.0 Å². The first kappa shape index (κ1) is 20.3.